The molecule has 5 aromatic carbocycles. The van der Waals surface area contributed by atoms with E-state index in [-0.39, 0.29) is 13.2 Å². The monoisotopic (exact) mass is 698 g/mol. The summed E-state index contributed by atoms with van der Waals surface area (Å²) in [5, 5.41) is 0. The van der Waals surface area contributed by atoms with Gasteiger partial charge in [0.1, 0.15) is 36.9 Å². The van der Waals surface area contributed by atoms with Crippen LogP contribution >= 0.6 is 0 Å². The van der Waals surface area contributed by atoms with Crippen molar-refractivity contribution in [2.24, 2.45) is 0 Å². The highest BCUT2D eigenvalue weighted by molar-refractivity contribution is 5.81. The first kappa shape index (κ1) is 37.0. The Kier molecular flexibility index (Phi) is 12.5. The lowest BCUT2D eigenvalue weighted by atomic mass is 9.70. The summed E-state index contributed by atoms with van der Waals surface area (Å²) in [7, 11) is 0. The number of carbonyl (C=O) groups is 2. The molecular formula is C44H42O8. The van der Waals surface area contributed by atoms with Crippen LogP contribution in [0.1, 0.15) is 37.5 Å². The minimum Gasteiger partial charge on any atom is -0.485 e. The second-order valence-corrected chi connectivity index (χ2v) is 12.1. The Balaban J connectivity index is 1.71. The van der Waals surface area contributed by atoms with E-state index < -0.39 is 29.6 Å². The molecule has 0 aromatic heterocycles. The molecule has 0 spiro atoms. The summed E-state index contributed by atoms with van der Waals surface area (Å²) in [6, 6.07) is 40.2. The van der Waals surface area contributed by atoms with Crippen LogP contribution in [0.3, 0.4) is 0 Å². The Labute approximate surface area is 304 Å². The number of hydrogen-bond acceptors (Lipinski definition) is 8. The molecular weight excluding hydrogens is 656 g/mol. The summed E-state index contributed by atoms with van der Waals surface area (Å²) in [6.45, 7) is 12.6. The van der Waals surface area contributed by atoms with Crippen LogP contribution in [-0.4, -0.2) is 37.4 Å². The lowest BCUT2D eigenvalue weighted by Gasteiger charge is -2.35. The van der Waals surface area contributed by atoms with E-state index in [1.165, 1.54) is 0 Å². The highest BCUT2D eigenvalue weighted by Crippen LogP contribution is 2.51. The molecule has 0 fully saturated rings. The van der Waals surface area contributed by atoms with Crippen molar-refractivity contribution >= 4 is 11.9 Å². The van der Waals surface area contributed by atoms with Gasteiger partial charge in [-0.05, 0) is 62.7 Å². The van der Waals surface area contributed by atoms with Crippen molar-refractivity contribution in [3.63, 3.8) is 0 Å². The van der Waals surface area contributed by atoms with E-state index in [1.54, 1.807) is 13.8 Å². The van der Waals surface area contributed by atoms with E-state index in [0.717, 1.165) is 28.8 Å². The van der Waals surface area contributed by atoms with Gasteiger partial charge in [0.2, 0.25) is 0 Å². The molecule has 0 aliphatic rings. The summed E-state index contributed by atoms with van der Waals surface area (Å²) >= 11 is 0. The average molecular weight is 699 g/mol. The zero-order valence-electron chi connectivity index (χ0n) is 29.5. The van der Waals surface area contributed by atoms with Crippen LogP contribution in [0.5, 0.6) is 34.5 Å². The van der Waals surface area contributed by atoms with Gasteiger partial charge in [0.15, 0.2) is 23.0 Å². The molecule has 2 unspecified atom stereocenters. The molecule has 52 heavy (non-hydrogen) atoms. The number of carbonyl (C=O) groups excluding carboxylic acids is 2. The van der Waals surface area contributed by atoms with Gasteiger partial charge in [-0.2, -0.15) is 0 Å². The van der Waals surface area contributed by atoms with Crippen molar-refractivity contribution in [2.45, 2.75) is 38.4 Å². The molecule has 0 saturated heterocycles. The van der Waals surface area contributed by atoms with Gasteiger partial charge >= 0.3 is 11.9 Å². The van der Waals surface area contributed by atoms with Crippen molar-refractivity contribution in [1.82, 2.24) is 0 Å². The molecule has 8 nitrogen and oxygen atoms in total. The summed E-state index contributed by atoms with van der Waals surface area (Å²) in [5.41, 5.74) is 1.42. The third-order valence-electron chi connectivity index (χ3n) is 8.22. The summed E-state index contributed by atoms with van der Waals surface area (Å²) in [4.78, 5) is 24.1. The second-order valence-electron chi connectivity index (χ2n) is 12.1. The summed E-state index contributed by atoms with van der Waals surface area (Å²) in [5.74, 6) is 1.91. The molecule has 266 valence electrons. The van der Waals surface area contributed by atoms with E-state index in [1.807, 2.05) is 127 Å². The number of benzene rings is 5. The third kappa shape index (κ3) is 9.08. The Morgan fingerprint density at radius 3 is 1.35 bits per heavy atom. The molecule has 0 N–H and O–H groups in total. The molecule has 8 heteroatoms. The molecule has 5 rings (SSSR count). The maximum atomic E-state index is 12.0. The molecule has 0 radical (unpaired) electrons. The van der Waals surface area contributed by atoms with Crippen LogP contribution in [0.4, 0.5) is 0 Å². The molecule has 0 aliphatic carbocycles. The molecule has 0 heterocycles. The van der Waals surface area contributed by atoms with E-state index >= 15 is 0 Å². The lowest BCUT2D eigenvalue weighted by Crippen LogP contribution is -2.29. The predicted molar refractivity (Wildman–Crippen MR) is 200 cm³/mol. The van der Waals surface area contributed by atoms with Gasteiger partial charge in [-0.1, -0.05) is 104 Å². The highest BCUT2D eigenvalue weighted by Gasteiger charge is 2.39. The lowest BCUT2D eigenvalue weighted by molar-refractivity contribution is -0.144. The fourth-order valence-electron chi connectivity index (χ4n) is 5.70. The minimum atomic E-state index is -0.972. The largest absolute Gasteiger partial charge is 0.485 e. The second kappa shape index (κ2) is 17.6. The summed E-state index contributed by atoms with van der Waals surface area (Å²) < 4.78 is 37.0. The van der Waals surface area contributed by atoms with Gasteiger partial charge in [0.05, 0.1) is 0 Å². The zero-order valence-corrected chi connectivity index (χ0v) is 29.5. The number of esters is 2. The first-order valence-corrected chi connectivity index (χ1v) is 16.9. The van der Waals surface area contributed by atoms with Crippen molar-refractivity contribution in [1.29, 1.82) is 0 Å². The van der Waals surface area contributed by atoms with E-state index in [4.69, 9.17) is 28.4 Å². The Hall–Kier alpha value is -6.28. The number of ether oxygens (including phenoxy) is 6. The van der Waals surface area contributed by atoms with Crippen LogP contribution in [-0.2, 0) is 24.5 Å². The summed E-state index contributed by atoms with van der Waals surface area (Å²) in [6.07, 6.45) is 1.03. The number of rotatable bonds is 17. The SMILES string of the molecule is C=CC(=O)OC(C)COc1c(Oc2ccccc2)cccc1C(C)(c1ccccc1)c1cccc(Oc2ccccc2)c1OCC(C)OC(=O)C=C. The molecule has 0 saturated carbocycles. The molecule has 0 bridgehead atoms. The Morgan fingerprint density at radius 1 is 0.577 bits per heavy atom. The van der Waals surface area contributed by atoms with E-state index in [9.17, 15) is 9.59 Å². The maximum absolute atomic E-state index is 12.0. The zero-order chi connectivity index (χ0) is 36.9. The maximum Gasteiger partial charge on any atom is 0.330 e. The Bertz CT molecular complexity index is 1840. The number of para-hydroxylation sites is 4. The van der Waals surface area contributed by atoms with Crippen LogP contribution in [0.2, 0.25) is 0 Å². The van der Waals surface area contributed by atoms with E-state index in [0.29, 0.717) is 34.5 Å². The van der Waals surface area contributed by atoms with Gasteiger partial charge in [0.25, 0.3) is 0 Å². The van der Waals surface area contributed by atoms with Crippen LogP contribution in [0.25, 0.3) is 0 Å². The first-order chi connectivity index (χ1) is 25.2. The molecule has 0 aliphatic heterocycles. The van der Waals surface area contributed by atoms with Gasteiger partial charge < -0.3 is 28.4 Å². The minimum absolute atomic E-state index is 0.0271. The fourth-order valence-corrected chi connectivity index (χ4v) is 5.70. The standard InChI is InChI=1S/C44H42O8/c1-6-40(45)49-31(3)29-47-42-36(25-17-27-38(42)51-34-21-13-9-14-22-34)44(5,33-19-11-8-12-20-33)37-26-18-28-39(52-35-23-15-10-16-24-35)43(37)48-30-32(4)50-41(46)7-2/h6-28,31-32H,1-2,29-30H2,3-5H3. The van der Waals surface area contributed by atoms with Crippen molar-refractivity contribution in [2.75, 3.05) is 13.2 Å². The molecule has 5 aromatic rings. The van der Waals surface area contributed by atoms with Crippen molar-refractivity contribution in [3.05, 3.63) is 169 Å². The van der Waals surface area contributed by atoms with Crippen molar-refractivity contribution in [3.8, 4) is 34.5 Å². The van der Waals surface area contributed by atoms with Gasteiger partial charge in [-0.15, -0.1) is 0 Å². The van der Waals surface area contributed by atoms with Gasteiger partial charge in [0, 0.05) is 28.7 Å². The van der Waals surface area contributed by atoms with Gasteiger partial charge in [-0.3, -0.25) is 0 Å². The fraction of sp³-hybridized carbons (Fsp3) is 0.182. The third-order valence-corrected chi connectivity index (χ3v) is 8.22. The van der Waals surface area contributed by atoms with Crippen LogP contribution in [0, 0.1) is 0 Å². The van der Waals surface area contributed by atoms with E-state index in [2.05, 4.69) is 20.1 Å². The Morgan fingerprint density at radius 2 is 0.962 bits per heavy atom. The quantitative estimate of drug-likeness (QED) is 0.0539. The molecule has 2 atom stereocenters. The van der Waals surface area contributed by atoms with Gasteiger partial charge in [-0.25, -0.2) is 9.59 Å². The van der Waals surface area contributed by atoms with Crippen LogP contribution in [0.15, 0.2) is 153 Å². The topological polar surface area (TPSA) is 89.5 Å². The molecule has 0 amide bonds. The van der Waals surface area contributed by atoms with Crippen LogP contribution < -0.4 is 18.9 Å². The van der Waals surface area contributed by atoms with Crippen molar-refractivity contribution < 1.29 is 38.0 Å². The number of hydrogen-bond donors (Lipinski definition) is 0. The first-order valence-electron chi connectivity index (χ1n) is 16.9. The normalized spacial score (nSPS) is 13.0. The smallest absolute Gasteiger partial charge is 0.330 e. The highest BCUT2D eigenvalue weighted by atomic mass is 16.6. The predicted octanol–water partition coefficient (Wildman–Crippen LogP) is 9.62. The average Bonchev–Trinajstić information content (AvgIpc) is 3.17.